The van der Waals surface area contributed by atoms with Gasteiger partial charge in [0.1, 0.15) is 12.4 Å². The van der Waals surface area contributed by atoms with E-state index < -0.39 is 12.0 Å². The Hall–Kier alpha value is -3.28. The predicted octanol–water partition coefficient (Wildman–Crippen LogP) is 4.24. The Morgan fingerprint density at radius 3 is 2.52 bits per heavy atom. The number of esters is 1. The number of allylic oxidation sites excluding steroid dienone is 1. The van der Waals surface area contributed by atoms with Gasteiger partial charge in [-0.1, -0.05) is 55.5 Å². The van der Waals surface area contributed by atoms with Gasteiger partial charge in [0.2, 0.25) is 0 Å². The van der Waals surface area contributed by atoms with Gasteiger partial charge in [0.25, 0.3) is 0 Å². The second-order valence-corrected chi connectivity index (χ2v) is 7.01. The fourth-order valence-corrected chi connectivity index (χ4v) is 3.11. The first kappa shape index (κ1) is 20.5. The van der Waals surface area contributed by atoms with E-state index in [9.17, 15) is 9.59 Å². The van der Waals surface area contributed by atoms with E-state index in [1.54, 1.807) is 6.92 Å². The zero-order chi connectivity index (χ0) is 20.8. The summed E-state index contributed by atoms with van der Waals surface area (Å²) >= 11 is 0. The van der Waals surface area contributed by atoms with Crippen LogP contribution in [0.5, 0.6) is 5.75 Å². The second kappa shape index (κ2) is 9.28. The zero-order valence-corrected chi connectivity index (χ0v) is 16.9. The molecule has 1 aliphatic rings. The monoisotopic (exact) mass is 394 g/mol. The van der Waals surface area contributed by atoms with E-state index in [1.165, 1.54) is 0 Å². The highest BCUT2D eigenvalue weighted by Crippen LogP contribution is 2.34. The number of carbonyl (C=O) groups is 2. The van der Waals surface area contributed by atoms with E-state index in [0.29, 0.717) is 35.6 Å². The van der Waals surface area contributed by atoms with E-state index in [-0.39, 0.29) is 12.1 Å². The summed E-state index contributed by atoms with van der Waals surface area (Å²) in [7, 11) is 0. The summed E-state index contributed by atoms with van der Waals surface area (Å²) in [6.07, 6.45) is 0.491. The molecule has 152 valence electrons. The molecule has 0 spiro atoms. The van der Waals surface area contributed by atoms with Gasteiger partial charge in [0.05, 0.1) is 17.7 Å². The summed E-state index contributed by atoms with van der Waals surface area (Å²) < 4.78 is 11.6. The minimum atomic E-state index is -0.660. The molecule has 0 fully saturated rings. The van der Waals surface area contributed by atoms with Crippen LogP contribution in [0.4, 0.5) is 4.79 Å². The van der Waals surface area contributed by atoms with Gasteiger partial charge in [0.15, 0.2) is 0 Å². The van der Waals surface area contributed by atoms with Crippen LogP contribution in [0.25, 0.3) is 0 Å². The smallest absolute Gasteiger partial charge is 0.338 e. The first-order chi connectivity index (χ1) is 14.0. The van der Waals surface area contributed by atoms with Crippen molar-refractivity contribution in [1.29, 1.82) is 0 Å². The molecule has 1 heterocycles. The molecule has 0 saturated heterocycles. The van der Waals surface area contributed by atoms with Crippen molar-refractivity contribution < 1.29 is 19.1 Å². The lowest BCUT2D eigenvalue weighted by atomic mass is 9.94. The van der Waals surface area contributed by atoms with E-state index in [1.807, 2.05) is 68.4 Å². The Labute approximate surface area is 170 Å². The average Bonchev–Trinajstić information content (AvgIpc) is 2.72. The standard InChI is InChI=1S/C23H26N2O4/c1-4-15(2)29-22(26)20-16(3)24-23(27)25-21(20)18-12-8-9-13-19(18)28-14-17-10-6-5-7-11-17/h5-13,15,21H,4,14H2,1-3H3,(H2,24,25,27)/t15-,21-/m1/s1. The first-order valence-corrected chi connectivity index (χ1v) is 9.74. The summed E-state index contributed by atoms with van der Waals surface area (Å²) in [4.78, 5) is 25.0. The highest BCUT2D eigenvalue weighted by Gasteiger charge is 2.34. The molecule has 0 bridgehead atoms. The van der Waals surface area contributed by atoms with Gasteiger partial charge in [-0.25, -0.2) is 9.59 Å². The number of carbonyl (C=O) groups excluding carboxylic acids is 2. The van der Waals surface area contributed by atoms with Crippen LogP contribution < -0.4 is 15.4 Å². The molecule has 2 amide bonds. The van der Waals surface area contributed by atoms with Crippen LogP contribution in [0, 0.1) is 0 Å². The number of benzene rings is 2. The van der Waals surface area contributed by atoms with Crippen LogP contribution in [0.2, 0.25) is 0 Å². The van der Waals surface area contributed by atoms with Crippen molar-refractivity contribution in [2.45, 2.75) is 45.9 Å². The van der Waals surface area contributed by atoms with Gasteiger partial charge < -0.3 is 20.1 Å². The Balaban J connectivity index is 1.91. The molecule has 1 aliphatic heterocycles. The topological polar surface area (TPSA) is 76.7 Å². The fourth-order valence-electron chi connectivity index (χ4n) is 3.11. The lowest BCUT2D eigenvalue weighted by Gasteiger charge is -2.29. The Bertz CT molecular complexity index is 908. The van der Waals surface area contributed by atoms with Crippen molar-refractivity contribution in [1.82, 2.24) is 10.6 Å². The van der Waals surface area contributed by atoms with Crippen molar-refractivity contribution in [3.8, 4) is 5.75 Å². The highest BCUT2D eigenvalue weighted by atomic mass is 16.5. The molecule has 29 heavy (non-hydrogen) atoms. The average molecular weight is 394 g/mol. The summed E-state index contributed by atoms with van der Waals surface area (Å²) in [5.41, 5.74) is 2.58. The SMILES string of the molecule is CC[C@@H](C)OC(=O)C1=C(C)NC(=O)N[C@@H]1c1ccccc1OCc1ccccc1. The molecule has 0 radical (unpaired) electrons. The molecule has 0 aliphatic carbocycles. The summed E-state index contributed by atoms with van der Waals surface area (Å²) in [5.74, 6) is 0.150. The van der Waals surface area contributed by atoms with Crippen LogP contribution in [0.15, 0.2) is 65.9 Å². The molecular weight excluding hydrogens is 368 g/mol. The van der Waals surface area contributed by atoms with Crippen molar-refractivity contribution in [3.05, 3.63) is 77.0 Å². The quantitative estimate of drug-likeness (QED) is 0.689. The van der Waals surface area contributed by atoms with Crippen LogP contribution in [-0.4, -0.2) is 18.1 Å². The molecule has 3 rings (SSSR count). The highest BCUT2D eigenvalue weighted by molar-refractivity contribution is 5.95. The third-order valence-electron chi connectivity index (χ3n) is 4.84. The van der Waals surface area contributed by atoms with Crippen LogP contribution in [-0.2, 0) is 16.1 Å². The van der Waals surface area contributed by atoms with Crippen LogP contribution in [0.1, 0.15) is 44.4 Å². The van der Waals surface area contributed by atoms with E-state index in [2.05, 4.69) is 10.6 Å². The Morgan fingerprint density at radius 2 is 1.79 bits per heavy atom. The van der Waals surface area contributed by atoms with Gasteiger partial charge in [-0.05, 0) is 31.9 Å². The van der Waals surface area contributed by atoms with Gasteiger partial charge in [-0.3, -0.25) is 0 Å². The van der Waals surface area contributed by atoms with E-state index >= 15 is 0 Å². The van der Waals surface area contributed by atoms with Crippen molar-refractivity contribution in [2.24, 2.45) is 0 Å². The lowest BCUT2D eigenvalue weighted by molar-refractivity contribution is -0.144. The molecule has 2 aromatic carbocycles. The maximum absolute atomic E-state index is 12.8. The van der Waals surface area contributed by atoms with E-state index in [0.717, 1.165) is 5.56 Å². The lowest BCUT2D eigenvalue weighted by Crippen LogP contribution is -2.45. The zero-order valence-electron chi connectivity index (χ0n) is 16.9. The van der Waals surface area contributed by atoms with Crippen LogP contribution in [0.3, 0.4) is 0 Å². The number of ether oxygens (including phenoxy) is 2. The summed E-state index contributed by atoms with van der Waals surface area (Å²) in [6.45, 7) is 5.87. The number of para-hydroxylation sites is 1. The van der Waals surface area contributed by atoms with Gasteiger partial charge >= 0.3 is 12.0 Å². The molecule has 0 saturated carbocycles. The van der Waals surface area contributed by atoms with Crippen molar-refractivity contribution in [3.63, 3.8) is 0 Å². The second-order valence-electron chi connectivity index (χ2n) is 7.01. The molecule has 6 nitrogen and oxygen atoms in total. The number of nitrogens with one attached hydrogen (secondary N) is 2. The number of rotatable bonds is 7. The largest absolute Gasteiger partial charge is 0.489 e. The normalized spacial score (nSPS) is 17.2. The molecule has 0 aromatic heterocycles. The maximum Gasteiger partial charge on any atom is 0.338 e. The molecule has 2 N–H and O–H groups in total. The predicted molar refractivity (Wildman–Crippen MR) is 110 cm³/mol. The maximum atomic E-state index is 12.8. The molecule has 0 unspecified atom stereocenters. The third-order valence-corrected chi connectivity index (χ3v) is 4.84. The molecular formula is C23H26N2O4. The molecule has 2 aromatic rings. The fraction of sp³-hybridized carbons (Fsp3) is 0.304. The number of urea groups is 1. The summed E-state index contributed by atoms with van der Waals surface area (Å²) in [5, 5.41) is 5.50. The van der Waals surface area contributed by atoms with E-state index in [4.69, 9.17) is 9.47 Å². The van der Waals surface area contributed by atoms with Gasteiger partial charge in [-0.15, -0.1) is 0 Å². The number of hydrogen-bond donors (Lipinski definition) is 2. The Kier molecular flexibility index (Phi) is 6.54. The third kappa shape index (κ3) is 4.96. The first-order valence-electron chi connectivity index (χ1n) is 9.74. The minimum Gasteiger partial charge on any atom is -0.489 e. The molecule has 6 heteroatoms. The minimum absolute atomic E-state index is 0.217. The molecule has 2 atom stereocenters. The Morgan fingerprint density at radius 1 is 1.10 bits per heavy atom. The number of amides is 2. The van der Waals surface area contributed by atoms with Crippen molar-refractivity contribution in [2.75, 3.05) is 0 Å². The number of hydrogen-bond acceptors (Lipinski definition) is 4. The van der Waals surface area contributed by atoms with Gasteiger partial charge in [-0.2, -0.15) is 0 Å². The summed E-state index contributed by atoms with van der Waals surface area (Å²) in [6, 6.07) is 16.2. The van der Waals surface area contributed by atoms with Gasteiger partial charge in [0, 0.05) is 11.3 Å². The van der Waals surface area contributed by atoms with Crippen LogP contribution >= 0.6 is 0 Å². The van der Waals surface area contributed by atoms with Crippen molar-refractivity contribution >= 4 is 12.0 Å².